The predicted octanol–water partition coefficient (Wildman–Crippen LogP) is -0.629. The molecule has 0 rings (SSSR count). The number of rotatable bonds is 0. The van der Waals surface area contributed by atoms with E-state index in [1.165, 1.54) is 0 Å². The Kier molecular flexibility index (Phi) is 3.25. The maximum absolute atomic E-state index is 10.4. The van der Waals surface area contributed by atoms with Crippen molar-refractivity contribution in [1.82, 2.24) is 3.71 Å². The fourth-order valence-corrected chi connectivity index (χ4v) is 0.245. The Bertz CT molecular complexity index is 140. The van der Waals surface area contributed by atoms with Gasteiger partial charge >= 0.3 is 6.03 Å². The Morgan fingerprint density at radius 1 is 1.44 bits per heavy atom. The van der Waals surface area contributed by atoms with Crippen molar-refractivity contribution < 1.29 is 4.79 Å². The Morgan fingerprint density at radius 2 is 1.89 bits per heavy atom. The molecular formula is C2H6N4OS2. The van der Waals surface area contributed by atoms with E-state index in [2.05, 4.69) is 30.6 Å². The van der Waals surface area contributed by atoms with Gasteiger partial charge in [-0.15, -0.1) is 0 Å². The first kappa shape index (κ1) is 8.44. The summed E-state index contributed by atoms with van der Waals surface area (Å²) in [6.07, 6.45) is 0. The third kappa shape index (κ3) is 3.98. The summed E-state index contributed by atoms with van der Waals surface area (Å²) in [6, 6.07) is -0.721. The topological polar surface area (TPSA) is 84.7 Å². The molecule has 0 heterocycles. The van der Waals surface area contributed by atoms with Gasteiger partial charge in [-0.2, -0.15) is 4.99 Å². The molecule has 9 heavy (non-hydrogen) atoms. The number of nitrogens with zero attached hydrogens (tertiary/aromatic N) is 2. The minimum atomic E-state index is -0.721. The van der Waals surface area contributed by atoms with Crippen molar-refractivity contribution in [3.63, 3.8) is 0 Å². The van der Waals surface area contributed by atoms with Gasteiger partial charge in [0, 0.05) is 0 Å². The summed E-state index contributed by atoms with van der Waals surface area (Å²) >= 11 is 6.99. The van der Waals surface area contributed by atoms with Gasteiger partial charge in [0.05, 0.1) is 0 Å². The van der Waals surface area contributed by atoms with E-state index in [4.69, 9.17) is 11.5 Å². The molecule has 0 spiro atoms. The minimum Gasteiger partial charge on any atom is -0.370 e. The molecule has 0 aromatic carbocycles. The first-order valence-corrected chi connectivity index (χ1v) is 2.65. The number of carbonyl (C=O) groups excluding carboxylic acids is 1. The molecule has 0 atom stereocenters. The number of carbonyl (C=O) groups is 1. The average Bonchev–Trinajstić information content (AvgIpc) is 1.63. The molecule has 0 fully saturated rings. The van der Waals surface area contributed by atoms with Gasteiger partial charge in [-0.05, 0) is 0 Å². The van der Waals surface area contributed by atoms with Gasteiger partial charge in [0.1, 0.15) is 0 Å². The highest BCUT2D eigenvalue weighted by atomic mass is 32.2. The van der Waals surface area contributed by atoms with E-state index in [1.54, 1.807) is 0 Å². The number of hydrogen-bond acceptors (Lipinski definition) is 3. The number of aliphatic imine (C=N–C) groups is 1. The summed E-state index contributed by atoms with van der Waals surface area (Å²) in [5, 5.41) is 0. The van der Waals surface area contributed by atoms with Crippen LogP contribution >= 0.6 is 25.6 Å². The molecule has 2 amide bonds. The van der Waals surface area contributed by atoms with E-state index < -0.39 is 6.03 Å². The normalized spacial score (nSPS) is 8.22. The lowest BCUT2D eigenvalue weighted by Gasteiger charge is -2.00. The Labute approximate surface area is 63.2 Å². The van der Waals surface area contributed by atoms with Gasteiger partial charge in [-0.3, -0.25) is 0 Å². The molecular weight excluding hydrogens is 160 g/mol. The number of hydrogen-bond donors (Lipinski definition) is 4. The molecule has 5 nitrogen and oxygen atoms in total. The maximum Gasteiger partial charge on any atom is 0.366 e. The van der Waals surface area contributed by atoms with Crippen molar-refractivity contribution in [2.45, 2.75) is 0 Å². The third-order valence-electron chi connectivity index (χ3n) is 0.396. The highest BCUT2D eigenvalue weighted by molar-refractivity contribution is 7.94. The lowest BCUT2D eigenvalue weighted by Crippen LogP contribution is -2.25. The van der Waals surface area contributed by atoms with Crippen LogP contribution in [0.15, 0.2) is 4.99 Å². The number of urea groups is 1. The van der Waals surface area contributed by atoms with Crippen LogP contribution in [-0.2, 0) is 0 Å². The largest absolute Gasteiger partial charge is 0.370 e. The van der Waals surface area contributed by atoms with Crippen LogP contribution in [0.3, 0.4) is 0 Å². The first-order valence-electron chi connectivity index (χ1n) is 1.85. The second-order valence-electron chi connectivity index (χ2n) is 1.11. The van der Waals surface area contributed by atoms with Crippen LogP contribution in [0.1, 0.15) is 0 Å². The molecule has 0 aliphatic carbocycles. The van der Waals surface area contributed by atoms with Crippen molar-refractivity contribution in [2.24, 2.45) is 16.5 Å². The summed E-state index contributed by atoms with van der Waals surface area (Å²) in [6.45, 7) is 0. The summed E-state index contributed by atoms with van der Waals surface area (Å²) in [7, 11) is 0. The zero-order valence-corrected chi connectivity index (χ0v) is 6.14. The second kappa shape index (κ2) is 3.46. The fraction of sp³-hybridized carbons (Fsp3) is 0. The maximum atomic E-state index is 10.4. The predicted molar refractivity (Wildman–Crippen MR) is 41.0 cm³/mol. The first-order chi connectivity index (χ1) is 4.04. The monoisotopic (exact) mass is 166 g/mol. The van der Waals surface area contributed by atoms with E-state index in [-0.39, 0.29) is 5.96 Å². The van der Waals surface area contributed by atoms with Crippen LogP contribution in [0.5, 0.6) is 0 Å². The third-order valence-corrected chi connectivity index (χ3v) is 0.738. The van der Waals surface area contributed by atoms with Crippen LogP contribution in [-0.4, -0.2) is 15.7 Å². The van der Waals surface area contributed by atoms with Gasteiger partial charge in [-0.1, -0.05) is 25.6 Å². The number of amides is 2. The zero-order valence-electron chi connectivity index (χ0n) is 4.35. The Hall–Kier alpha value is -0.560. The highest BCUT2D eigenvalue weighted by Gasteiger charge is 2.01. The number of nitrogens with two attached hydrogens (primary N) is 2. The lowest BCUT2D eigenvalue weighted by atomic mass is 11.0. The van der Waals surface area contributed by atoms with Crippen LogP contribution in [0, 0.1) is 0 Å². The standard InChI is InChI=1S/C2H6N4OS2/c3-1(4)5-2(7)6(8)9/h8-9H,(H4,3,4,5,7). The molecule has 0 aromatic heterocycles. The number of guanidine groups is 1. The molecule has 0 saturated heterocycles. The molecule has 0 aliphatic rings. The molecule has 4 N–H and O–H groups in total. The van der Waals surface area contributed by atoms with Gasteiger partial charge in [0.25, 0.3) is 0 Å². The van der Waals surface area contributed by atoms with E-state index >= 15 is 0 Å². The minimum absolute atomic E-state index is 0.312. The average molecular weight is 166 g/mol. The molecule has 0 radical (unpaired) electrons. The van der Waals surface area contributed by atoms with E-state index in [0.29, 0.717) is 3.71 Å². The van der Waals surface area contributed by atoms with Crippen LogP contribution in [0.4, 0.5) is 4.79 Å². The van der Waals surface area contributed by atoms with E-state index in [9.17, 15) is 4.79 Å². The second-order valence-corrected chi connectivity index (χ2v) is 2.22. The summed E-state index contributed by atoms with van der Waals surface area (Å²) in [5.74, 6) is -0.312. The van der Waals surface area contributed by atoms with Gasteiger partial charge in [0.2, 0.25) is 0 Å². The van der Waals surface area contributed by atoms with Crippen molar-refractivity contribution in [3.05, 3.63) is 0 Å². The highest BCUT2D eigenvalue weighted by Crippen LogP contribution is 1.98. The fourth-order valence-electron chi connectivity index (χ4n) is 0.155. The SMILES string of the molecule is NC(N)=NC(=O)N(S)S. The molecule has 0 unspecified atom stereocenters. The lowest BCUT2D eigenvalue weighted by molar-refractivity contribution is 0.247. The summed E-state index contributed by atoms with van der Waals surface area (Å²) < 4.78 is 0.666. The molecule has 52 valence electrons. The van der Waals surface area contributed by atoms with Crippen molar-refractivity contribution in [3.8, 4) is 0 Å². The quantitative estimate of drug-likeness (QED) is 0.220. The molecule has 0 saturated carbocycles. The van der Waals surface area contributed by atoms with Crippen molar-refractivity contribution in [1.29, 1.82) is 0 Å². The molecule has 7 heteroatoms. The Morgan fingerprint density at radius 3 is 2.00 bits per heavy atom. The summed E-state index contributed by atoms with van der Waals surface area (Å²) in [5.41, 5.74) is 9.69. The van der Waals surface area contributed by atoms with Gasteiger partial charge < -0.3 is 11.5 Å². The van der Waals surface area contributed by atoms with Crippen LogP contribution < -0.4 is 11.5 Å². The van der Waals surface area contributed by atoms with E-state index in [1.807, 2.05) is 0 Å². The number of thiol groups is 2. The van der Waals surface area contributed by atoms with E-state index in [0.717, 1.165) is 0 Å². The van der Waals surface area contributed by atoms with Crippen LogP contribution in [0.25, 0.3) is 0 Å². The molecule has 0 bridgehead atoms. The smallest absolute Gasteiger partial charge is 0.366 e. The van der Waals surface area contributed by atoms with Crippen molar-refractivity contribution in [2.75, 3.05) is 0 Å². The summed E-state index contributed by atoms with van der Waals surface area (Å²) in [4.78, 5) is 13.5. The van der Waals surface area contributed by atoms with Crippen LogP contribution in [0.2, 0.25) is 0 Å². The van der Waals surface area contributed by atoms with Gasteiger partial charge in [-0.25, -0.2) is 8.51 Å². The molecule has 0 aromatic rings. The zero-order chi connectivity index (χ0) is 7.44. The van der Waals surface area contributed by atoms with Gasteiger partial charge in [0.15, 0.2) is 5.96 Å². The molecule has 0 aliphatic heterocycles. The Balaban J connectivity index is 3.93. The van der Waals surface area contributed by atoms with Crippen molar-refractivity contribution >= 4 is 37.6 Å².